The Morgan fingerprint density at radius 1 is 1.38 bits per heavy atom. The summed E-state index contributed by atoms with van der Waals surface area (Å²) in [5.41, 5.74) is -0.284. The van der Waals surface area contributed by atoms with E-state index >= 15 is 0 Å². The lowest BCUT2D eigenvalue weighted by molar-refractivity contribution is 0.0696. The molecule has 1 N–H and O–H groups in total. The second-order valence-corrected chi connectivity index (χ2v) is 3.09. The molecule has 0 amide bonds. The predicted octanol–water partition coefficient (Wildman–Crippen LogP) is 2.06. The minimum Gasteiger partial charge on any atom is -0.493 e. The average Bonchev–Trinajstić information content (AvgIpc) is 2.27. The summed E-state index contributed by atoms with van der Waals surface area (Å²) in [6.45, 7) is 0. The molecule has 0 aliphatic carbocycles. The maximum atomic E-state index is 11.0. The van der Waals surface area contributed by atoms with Crippen LogP contribution in [-0.4, -0.2) is 32.3 Å². The van der Waals surface area contributed by atoms with Gasteiger partial charge in [-0.3, -0.25) is 0 Å². The van der Waals surface area contributed by atoms with Gasteiger partial charge < -0.3 is 19.3 Å². The molecular weight excluding hydrogens is 236 g/mol. The monoisotopic (exact) mass is 249 g/mol. The van der Waals surface area contributed by atoms with E-state index in [0.717, 1.165) is 6.07 Å². The summed E-state index contributed by atoms with van der Waals surface area (Å²) in [6.07, 6.45) is 0. The first-order chi connectivity index (χ1) is 8.71. The van der Waals surface area contributed by atoms with Crippen LogP contribution in [0, 0.1) is 0 Å². The summed E-state index contributed by atoms with van der Waals surface area (Å²) in [5, 5.41) is 8.71. The largest absolute Gasteiger partial charge is 0.493 e. The van der Waals surface area contributed by atoms with Crippen molar-refractivity contribution < 1.29 is 28.2 Å². The topological polar surface area (TPSA) is 65.0 Å². The van der Waals surface area contributed by atoms with Crippen molar-refractivity contribution >= 4 is 17.6 Å². The number of hydrogen-bond acceptors (Lipinski definition) is 4. The van der Waals surface area contributed by atoms with Crippen molar-refractivity contribution in [2.45, 2.75) is 0 Å². The Morgan fingerprint density at radius 2 is 2.06 bits per heavy atom. The van der Waals surface area contributed by atoms with E-state index in [1.54, 1.807) is 0 Å². The number of aromatic carboxylic acids is 1. The first kappa shape index (κ1) is 8.52. The molecular formula is C10H11ClO5. The second-order valence-electron chi connectivity index (χ2n) is 2.71. The Morgan fingerprint density at radius 3 is 2.50 bits per heavy atom. The number of rotatable bonds is 4. The minimum absolute atomic E-state index is 0.102. The number of hydrogen-bond donors (Lipinski definition) is 1. The average molecular weight is 250 g/mol. The van der Waals surface area contributed by atoms with Crippen LogP contribution in [0.2, 0.25) is 5.02 Å². The molecule has 0 unspecified atom stereocenters. The number of benzene rings is 1. The lowest BCUT2D eigenvalue weighted by Gasteiger charge is -2.14. The van der Waals surface area contributed by atoms with Gasteiger partial charge >= 0.3 is 5.97 Å². The second kappa shape index (κ2) is 4.94. The fourth-order valence-corrected chi connectivity index (χ4v) is 1.48. The van der Waals surface area contributed by atoms with Gasteiger partial charge in [-0.05, 0) is 0 Å². The van der Waals surface area contributed by atoms with Gasteiger partial charge in [0.05, 0.1) is 30.9 Å². The summed E-state index contributed by atoms with van der Waals surface area (Å²) in [5.74, 6) is -1.90. The van der Waals surface area contributed by atoms with Crippen molar-refractivity contribution in [2.24, 2.45) is 0 Å². The van der Waals surface area contributed by atoms with E-state index < -0.39 is 13.0 Å². The fraction of sp³-hybridized carbons (Fsp3) is 0.300. The van der Waals surface area contributed by atoms with Gasteiger partial charge in [-0.2, -0.15) is 0 Å². The van der Waals surface area contributed by atoms with Gasteiger partial charge in [-0.15, -0.1) is 0 Å². The van der Waals surface area contributed by atoms with Crippen LogP contribution in [0.4, 0.5) is 0 Å². The van der Waals surface area contributed by atoms with Crippen LogP contribution in [0.1, 0.15) is 14.5 Å². The van der Waals surface area contributed by atoms with Crippen LogP contribution in [-0.2, 0) is 0 Å². The first-order valence-electron chi connectivity index (χ1n) is 5.58. The molecule has 1 rings (SSSR count). The van der Waals surface area contributed by atoms with Crippen molar-refractivity contribution in [3.05, 3.63) is 16.7 Å². The number of carbonyl (C=O) groups is 1. The van der Waals surface area contributed by atoms with Gasteiger partial charge in [-0.1, -0.05) is 11.6 Å². The van der Waals surface area contributed by atoms with E-state index in [-0.39, 0.29) is 27.8 Å². The maximum absolute atomic E-state index is 11.0. The molecule has 0 spiro atoms. The molecule has 16 heavy (non-hydrogen) atoms. The summed E-state index contributed by atoms with van der Waals surface area (Å²) >= 11 is 5.84. The smallest absolute Gasteiger partial charge is 0.337 e. The lowest BCUT2D eigenvalue weighted by Crippen LogP contribution is -2.03. The van der Waals surface area contributed by atoms with E-state index in [1.165, 1.54) is 14.2 Å². The van der Waals surface area contributed by atoms with Gasteiger partial charge in [0.1, 0.15) is 5.02 Å². The molecule has 0 saturated heterocycles. The van der Waals surface area contributed by atoms with E-state index in [2.05, 4.69) is 0 Å². The Kier molecular flexibility index (Phi) is 2.63. The summed E-state index contributed by atoms with van der Waals surface area (Å²) in [4.78, 5) is 11.0. The molecule has 0 bridgehead atoms. The zero-order valence-corrected chi connectivity index (χ0v) is 9.29. The van der Waals surface area contributed by atoms with E-state index in [9.17, 15) is 4.79 Å². The zero-order valence-electron chi connectivity index (χ0n) is 11.5. The molecule has 6 heteroatoms. The highest BCUT2D eigenvalue weighted by Gasteiger charge is 2.22. The van der Waals surface area contributed by atoms with Crippen molar-refractivity contribution in [1.82, 2.24) is 0 Å². The molecule has 1 aromatic carbocycles. The van der Waals surface area contributed by atoms with Gasteiger partial charge in [0.15, 0.2) is 11.5 Å². The van der Waals surface area contributed by atoms with Crippen LogP contribution in [0.3, 0.4) is 0 Å². The molecule has 0 saturated carbocycles. The van der Waals surface area contributed by atoms with E-state index in [0.29, 0.717) is 0 Å². The van der Waals surface area contributed by atoms with Crippen LogP contribution in [0.5, 0.6) is 17.2 Å². The SMILES string of the molecule is [2H]C([2H])([2H])Oc1c(OC)cc(C(=O)O)c(Cl)c1OC. The van der Waals surface area contributed by atoms with Crippen LogP contribution < -0.4 is 14.2 Å². The number of carboxylic acid groups (broad SMARTS) is 1. The quantitative estimate of drug-likeness (QED) is 0.885. The first-order valence-corrected chi connectivity index (χ1v) is 4.46. The molecule has 0 aromatic heterocycles. The standard InChI is InChI=1S/C10H11ClO5/c1-14-6-4-5(10(12)13)7(11)9(16-3)8(6)15-2/h4H,1-3H3,(H,12,13)/i2D3. The molecule has 0 atom stereocenters. The number of halogens is 1. The maximum Gasteiger partial charge on any atom is 0.337 e. The molecule has 0 aliphatic rings. The zero-order chi connectivity index (χ0) is 14.8. The Hall–Kier alpha value is -1.62. The highest BCUT2D eigenvalue weighted by molar-refractivity contribution is 6.35. The van der Waals surface area contributed by atoms with Crippen molar-refractivity contribution in [1.29, 1.82) is 0 Å². The number of methoxy groups -OCH3 is 3. The molecule has 0 aliphatic heterocycles. The molecule has 5 nitrogen and oxygen atoms in total. The van der Waals surface area contributed by atoms with Crippen molar-refractivity contribution in [3.63, 3.8) is 0 Å². The van der Waals surface area contributed by atoms with Gasteiger partial charge in [0.2, 0.25) is 5.75 Å². The number of carboxylic acids is 1. The van der Waals surface area contributed by atoms with Crippen LogP contribution in [0.15, 0.2) is 6.07 Å². The molecule has 0 fully saturated rings. The fourth-order valence-electron chi connectivity index (χ4n) is 1.18. The highest BCUT2D eigenvalue weighted by Crippen LogP contribution is 2.44. The van der Waals surface area contributed by atoms with Gasteiger partial charge in [-0.25, -0.2) is 4.79 Å². The Balaban J connectivity index is 3.52. The third kappa shape index (κ3) is 1.99. The Labute approximate surface area is 102 Å². The third-order valence-corrected chi connectivity index (χ3v) is 2.27. The van der Waals surface area contributed by atoms with Gasteiger partial charge in [0.25, 0.3) is 0 Å². The predicted molar refractivity (Wildman–Crippen MR) is 58.1 cm³/mol. The van der Waals surface area contributed by atoms with Crippen LogP contribution in [0.25, 0.3) is 0 Å². The van der Waals surface area contributed by atoms with E-state index in [4.69, 9.17) is 35.0 Å². The molecule has 1 aromatic rings. The van der Waals surface area contributed by atoms with Crippen LogP contribution >= 0.6 is 11.6 Å². The minimum atomic E-state index is -2.76. The van der Waals surface area contributed by atoms with E-state index in [1.807, 2.05) is 0 Å². The summed E-state index contributed by atoms with van der Waals surface area (Å²) in [7, 11) is -0.312. The highest BCUT2D eigenvalue weighted by atomic mass is 35.5. The summed E-state index contributed by atoms with van der Waals surface area (Å²) in [6, 6.07) is 1.06. The Bertz CT molecular complexity index is 501. The molecule has 0 heterocycles. The van der Waals surface area contributed by atoms with Crippen molar-refractivity contribution in [3.8, 4) is 17.2 Å². The lowest BCUT2D eigenvalue weighted by atomic mass is 10.2. The summed E-state index contributed by atoms with van der Waals surface area (Å²) < 4.78 is 35.7. The van der Waals surface area contributed by atoms with Gasteiger partial charge in [0, 0.05) is 6.07 Å². The third-order valence-electron chi connectivity index (χ3n) is 1.90. The number of ether oxygens (including phenoxy) is 3. The molecule has 0 radical (unpaired) electrons. The van der Waals surface area contributed by atoms with Crippen molar-refractivity contribution in [2.75, 3.05) is 21.3 Å². The normalized spacial score (nSPS) is 13.3. The molecule has 88 valence electrons.